The number of aliphatic imine (C=N–C) groups is 1. The highest BCUT2D eigenvalue weighted by atomic mass is 14.9. The van der Waals surface area contributed by atoms with Crippen molar-refractivity contribution in [3.8, 4) is 0 Å². The number of rotatable bonds is 2. The smallest absolute Gasteiger partial charge is 0.0360 e. The van der Waals surface area contributed by atoms with Crippen molar-refractivity contribution < 1.29 is 0 Å². The summed E-state index contributed by atoms with van der Waals surface area (Å²) in [5.41, 5.74) is 5.71. The minimum absolute atomic E-state index is 0.796. The van der Waals surface area contributed by atoms with Crippen LogP contribution in [0.25, 0.3) is 5.57 Å². The van der Waals surface area contributed by atoms with Gasteiger partial charge in [-0.2, -0.15) is 0 Å². The highest BCUT2D eigenvalue weighted by Gasteiger charge is 2.10. The summed E-state index contributed by atoms with van der Waals surface area (Å²) >= 11 is 0. The lowest BCUT2D eigenvalue weighted by Crippen LogP contribution is -2.16. The second-order valence-corrected chi connectivity index (χ2v) is 6.54. The molecule has 0 aromatic heterocycles. The lowest BCUT2D eigenvalue weighted by molar-refractivity contribution is 0.664. The molecule has 130 valence electrons. The molecule has 2 heteroatoms. The average molecular weight is 325 g/mol. The van der Waals surface area contributed by atoms with Gasteiger partial charge in [0.05, 0.1) is 0 Å². The van der Waals surface area contributed by atoms with Gasteiger partial charge in [0.25, 0.3) is 0 Å². The maximum atomic E-state index is 4.09. The average Bonchev–Trinajstić information content (AvgIpc) is 3.37. The van der Waals surface area contributed by atoms with Gasteiger partial charge in [-0.15, -0.1) is 0 Å². The number of nitrogens with one attached hydrogen (secondary N) is 1. The molecule has 1 aliphatic carbocycles. The SMILES string of the molecule is CC1CCCN1.CCC1=CCC=N1.CCC1=CCc2ccccc21. The van der Waals surface area contributed by atoms with Gasteiger partial charge >= 0.3 is 0 Å². The van der Waals surface area contributed by atoms with Gasteiger partial charge in [-0.1, -0.05) is 50.3 Å². The first-order valence-corrected chi connectivity index (χ1v) is 9.46. The van der Waals surface area contributed by atoms with Gasteiger partial charge in [-0.25, -0.2) is 0 Å². The molecule has 1 fully saturated rings. The van der Waals surface area contributed by atoms with Gasteiger partial charge < -0.3 is 5.32 Å². The number of allylic oxidation sites excluding steroid dienone is 4. The van der Waals surface area contributed by atoms with Crippen molar-refractivity contribution >= 4 is 11.8 Å². The summed E-state index contributed by atoms with van der Waals surface area (Å²) in [5.74, 6) is 0. The topological polar surface area (TPSA) is 24.4 Å². The third-order valence-corrected chi connectivity index (χ3v) is 4.70. The summed E-state index contributed by atoms with van der Waals surface area (Å²) in [6.07, 6.45) is 13.6. The highest BCUT2D eigenvalue weighted by molar-refractivity contribution is 5.72. The van der Waals surface area contributed by atoms with Crippen LogP contribution in [0.2, 0.25) is 0 Å². The molecule has 3 aliphatic rings. The molecule has 0 spiro atoms. The predicted octanol–water partition coefficient (Wildman–Crippen LogP) is 5.55. The molecule has 0 saturated carbocycles. The van der Waals surface area contributed by atoms with Crippen LogP contribution < -0.4 is 5.32 Å². The second kappa shape index (κ2) is 10.2. The van der Waals surface area contributed by atoms with Crippen LogP contribution in [-0.2, 0) is 6.42 Å². The van der Waals surface area contributed by atoms with Gasteiger partial charge in [0.15, 0.2) is 0 Å². The van der Waals surface area contributed by atoms with Crippen LogP contribution in [0.1, 0.15) is 64.0 Å². The summed E-state index contributed by atoms with van der Waals surface area (Å²) in [5, 5.41) is 3.32. The van der Waals surface area contributed by atoms with E-state index in [1.54, 1.807) is 0 Å². The third kappa shape index (κ3) is 5.76. The Hall–Kier alpha value is -1.67. The summed E-state index contributed by atoms with van der Waals surface area (Å²) in [6.45, 7) is 7.80. The fourth-order valence-corrected chi connectivity index (χ4v) is 3.20. The standard InChI is InChI=1S/C11H12.C6H9N.C5H11N/c1-2-9-7-8-10-5-3-4-6-11(9)10;1-2-6-4-3-5-7-6;1-5-3-2-4-6-5/h3-7H,2,8H2,1H3;4-5H,2-3H2,1H3;5-6H,2-4H2,1H3. The van der Waals surface area contributed by atoms with Gasteiger partial charge in [0.1, 0.15) is 0 Å². The molecular formula is C22H32N2. The Morgan fingerprint density at radius 1 is 1.12 bits per heavy atom. The van der Waals surface area contributed by atoms with E-state index >= 15 is 0 Å². The van der Waals surface area contributed by atoms with E-state index in [-0.39, 0.29) is 0 Å². The molecule has 2 aliphatic heterocycles. The minimum atomic E-state index is 0.796. The Balaban J connectivity index is 0.000000139. The number of hydrogen-bond acceptors (Lipinski definition) is 2. The molecule has 1 unspecified atom stereocenters. The molecule has 0 amide bonds. The molecule has 2 heterocycles. The van der Waals surface area contributed by atoms with Crippen LogP contribution in [0.15, 0.2) is 47.1 Å². The van der Waals surface area contributed by atoms with E-state index in [0.717, 1.165) is 31.7 Å². The predicted molar refractivity (Wildman–Crippen MR) is 107 cm³/mol. The summed E-state index contributed by atoms with van der Waals surface area (Å²) in [6, 6.07) is 9.47. The minimum Gasteiger partial charge on any atom is -0.314 e. The Labute approximate surface area is 147 Å². The molecule has 2 nitrogen and oxygen atoms in total. The van der Waals surface area contributed by atoms with Gasteiger partial charge in [0.2, 0.25) is 0 Å². The lowest BCUT2D eigenvalue weighted by Gasteiger charge is -2.00. The summed E-state index contributed by atoms with van der Waals surface area (Å²) in [7, 11) is 0. The Bertz CT molecular complexity index is 590. The fourth-order valence-electron chi connectivity index (χ4n) is 3.20. The third-order valence-electron chi connectivity index (χ3n) is 4.70. The first-order chi connectivity index (χ1) is 11.7. The lowest BCUT2D eigenvalue weighted by atomic mass is 10.0. The van der Waals surface area contributed by atoms with Crippen molar-refractivity contribution in [2.75, 3.05) is 6.54 Å². The normalized spacial score (nSPS) is 20.4. The highest BCUT2D eigenvalue weighted by Crippen LogP contribution is 2.28. The molecule has 4 rings (SSSR count). The van der Waals surface area contributed by atoms with E-state index in [1.165, 1.54) is 41.8 Å². The van der Waals surface area contributed by atoms with Gasteiger partial charge in [-0.3, -0.25) is 4.99 Å². The Morgan fingerprint density at radius 3 is 2.46 bits per heavy atom. The van der Waals surface area contributed by atoms with Crippen molar-refractivity contribution in [2.45, 2.75) is 65.3 Å². The van der Waals surface area contributed by atoms with E-state index in [9.17, 15) is 0 Å². The summed E-state index contributed by atoms with van der Waals surface area (Å²) < 4.78 is 0. The van der Waals surface area contributed by atoms with Crippen molar-refractivity contribution in [2.24, 2.45) is 4.99 Å². The van der Waals surface area contributed by atoms with E-state index < -0.39 is 0 Å². The fraction of sp³-hybridized carbons (Fsp3) is 0.500. The zero-order valence-corrected chi connectivity index (χ0v) is 15.5. The van der Waals surface area contributed by atoms with Crippen LogP contribution in [-0.4, -0.2) is 18.8 Å². The number of hydrogen-bond donors (Lipinski definition) is 1. The van der Waals surface area contributed by atoms with E-state index in [0.29, 0.717) is 0 Å². The second-order valence-electron chi connectivity index (χ2n) is 6.54. The van der Waals surface area contributed by atoms with Crippen molar-refractivity contribution in [3.05, 3.63) is 53.2 Å². The van der Waals surface area contributed by atoms with Crippen molar-refractivity contribution in [1.82, 2.24) is 5.32 Å². The van der Waals surface area contributed by atoms with Gasteiger partial charge in [0, 0.05) is 24.4 Å². The molecular weight excluding hydrogens is 292 g/mol. The van der Waals surface area contributed by atoms with Crippen LogP contribution in [0.5, 0.6) is 0 Å². The van der Waals surface area contributed by atoms with Crippen LogP contribution >= 0.6 is 0 Å². The molecule has 1 aromatic rings. The molecule has 1 aromatic carbocycles. The summed E-state index contributed by atoms with van der Waals surface area (Å²) in [4.78, 5) is 4.09. The molecule has 1 atom stereocenters. The zero-order valence-electron chi connectivity index (χ0n) is 15.5. The Morgan fingerprint density at radius 2 is 1.96 bits per heavy atom. The Kier molecular flexibility index (Phi) is 7.97. The molecule has 24 heavy (non-hydrogen) atoms. The van der Waals surface area contributed by atoms with E-state index in [4.69, 9.17) is 0 Å². The van der Waals surface area contributed by atoms with E-state index in [1.807, 2.05) is 6.21 Å². The molecule has 0 radical (unpaired) electrons. The van der Waals surface area contributed by atoms with Crippen LogP contribution in [0, 0.1) is 0 Å². The zero-order chi connectivity index (χ0) is 17.2. The first-order valence-electron chi connectivity index (χ1n) is 9.46. The van der Waals surface area contributed by atoms with Crippen LogP contribution in [0.3, 0.4) is 0 Å². The van der Waals surface area contributed by atoms with Crippen molar-refractivity contribution in [1.29, 1.82) is 0 Å². The largest absolute Gasteiger partial charge is 0.314 e. The quantitative estimate of drug-likeness (QED) is 0.758. The molecule has 1 N–H and O–H groups in total. The van der Waals surface area contributed by atoms with Crippen molar-refractivity contribution in [3.63, 3.8) is 0 Å². The maximum absolute atomic E-state index is 4.09. The van der Waals surface area contributed by atoms with E-state index in [2.05, 4.69) is 67.5 Å². The van der Waals surface area contributed by atoms with Gasteiger partial charge in [-0.05, 0) is 62.3 Å². The van der Waals surface area contributed by atoms with Crippen LogP contribution in [0.4, 0.5) is 0 Å². The monoisotopic (exact) mass is 324 g/mol. The number of benzene rings is 1. The number of nitrogens with zero attached hydrogens (tertiary/aromatic N) is 1. The number of fused-ring (bicyclic) bond motifs is 1. The maximum Gasteiger partial charge on any atom is 0.0360 e. The molecule has 1 saturated heterocycles. The molecule has 0 bridgehead atoms. The first kappa shape index (κ1) is 18.7.